The van der Waals surface area contributed by atoms with E-state index in [1.807, 2.05) is 13.8 Å². The first-order chi connectivity index (χ1) is 13.6. The number of carbonyl (C=O) groups is 2. The Kier molecular flexibility index (Phi) is 7.91. The minimum atomic E-state index is -4.62. The van der Waals surface area contributed by atoms with Crippen LogP contribution >= 0.6 is 11.3 Å². The van der Waals surface area contributed by atoms with Crippen molar-refractivity contribution in [2.45, 2.75) is 51.4 Å². The van der Waals surface area contributed by atoms with Gasteiger partial charge in [0, 0.05) is 6.08 Å². The Bertz CT molecular complexity index is 770. The number of carbonyl (C=O) groups excluding carboxylic acids is 2. The van der Waals surface area contributed by atoms with Crippen LogP contribution in [0.4, 0.5) is 18.3 Å². The molecule has 1 aromatic heterocycles. The highest BCUT2D eigenvalue weighted by Crippen LogP contribution is 2.32. The van der Waals surface area contributed by atoms with Crippen LogP contribution in [0.2, 0.25) is 0 Å². The number of amides is 2. The summed E-state index contributed by atoms with van der Waals surface area (Å²) in [5, 5.41) is 13.2. The van der Waals surface area contributed by atoms with Gasteiger partial charge in [-0.1, -0.05) is 44.3 Å². The van der Waals surface area contributed by atoms with E-state index in [2.05, 4.69) is 32.7 Å². The molecule has 0 spiro atoms. The third-order valence-electron chi connectivity index (χ3n) is 4.40. The van der Waals surface area contributed by atoms with Gasteiger partial charge in [0.1, 0.15) is 0 Å². The third-order valence-corrected chi connectivity index (χ3v) is 5.29. The smallest absolute Gasteiger partial charge is 0.345 e. The van der Waals surface area contributed by atoms with Gasteiger partial charge in [-0.25, -0.2) is 0 Å². The molecule has 0 saturated carbocycles. The molecule has 2 heterocycles. The summed E-state index contributed by atoms with van der Waals surface area (Å²) in [5.74, 6) is -0.813. The van der Waals surface area contributed by atoms with Crippen LogP contribution in [0, 0.1) is 5.92 Å². The van der Waals surface area contributed by atoms with Gasteiger partial charge in [-0.3, -0.25) is 14.9 Å². The van der Waals surface area contributed by atoms with Gasteiger partial charge >= 0.3 is 6.18 Å². The molecule has 1 aromatic rings. The predicted molar refractivity (Wildman–Crippen MR) is 104 cm³/mol. The van der Waals surface area contributed by atoms with Crippen molar-refractivity contribution in [1.82, 2.24) is 20.8 Å². The number of halogens is 3. The molecule has 160 valence electrons. The van der Waals surface area contributed by atoms with Crippen molar-refractivity contribution < 1.29 is 22.8 Å². The number of alkyl halides is 3. The van der Waals surface area contributed by atoms with Crippen LogP contribution in [0.15, 0.2) is 24.3 Å². The van der Waals surface area contributed by atoms with Gasteiger partial charge < -0.3 is 10.6 Å². The highest BCUT2D eigenvalue weighted by molar-refractivity contribution is 7.15. The zero-order valence-corrected chi connectivity index (χ0v) is 17.0. The van der Waals surface area contributed by atoms with Crippen molar-refractivity contribution in [3.8, 4) is 0 Å². The topological polar surface area (TPSA) is 96.0 Å². The summed E-state index contributed by atoms with van der Waals surface area (Å²) in [6.07, 6.45) is 0.698. The average Bonchev–Trinajstić information content (AvgIpc) is 3.13. The third kappa shape index (κ3) is 6.93. The van der Waals surface area contributed by atoms with E-state index in [-0.39, 0.29) is 34.3 Å². The van der Waals surface area contributed by atoms with Crippen molar-refractivity contribution in [2.75, 3.05) is 11.9 Å². The van der Waals surface area contributed by atoms with E-state index in [1.165, 1.54) is 6.08 Å². The number of rotatable bonds is 7. The highest BCUT2D eigenvalue weighted by atomic mass is 32.1. The van der Waals surface area contributed by atoms with Gasteiger partial charge in [0.2, 0.25) is 22.0 Å². The second-order valence-electron chi connectivity index (χ2n) is 6.98. The van der Waals surface area contributed by atoms with E-state index in [1.54, 1.807) is 0 Å². The number of piperidine rings is 1. The lowest BCUT2D eigenvalue weighted by atomic mass is 9.96. The first-order valence-electron chi connectivity index (χ1n) is 9.20. The van der Waals surface area contributed by atoms with Crippen LogP contribution in [0.3, 0.4) is 0 Å². The lowest BCUT2D eigenvalue weighted by Gasteiger charge is -2.26. The van der Waals surface area contributed by atoms with Gasteiger partial charge in [-0.15, -0.1) is 10.2 Å². The van der Waals surface area contributed by atoms with Gasteiger partial charge in [0.15, 0.2) is 0 Å². The normalized spacial score (nSPS) is 18.6. The van der Waals surface area contributed by atoms with Gasteiger partial charge in [0.05, 0.1) is 12.1 Å². The Morgan fingerprint density at radius 1 is 1.31 bits per heavy atom. The summed E-state index contributed by atoms with van der Waals surface area (Å²) < 4.78 is 37.7. The van der Waals surface area contributed by atoms with Crippen LogP contribution in [-0.4, -0.2) is 40.6 Å². The van der Waals surface area contributed by atoms with Crippen LogP contribution in [0.5, 0.6) is 0 Å². The maximum atomic E-state index is 12.6. The van der Waals surface area contributed by atoms with E-state index in [0.29, 0.717) is 5.57 Å². The highest BCUT2D eigenvalue weighted by Gasteiger charge is 2.35. The molecule has 2 atom stereocenters. The minimum Gasteiger partial charge on any atom is -0.345 e. The van der Waals surface area contributed by atoms with Gasteiger partial charge in [-0.05, 0) is 30.9 Å². The quantitative estimate of drug-likeness (QED) is 0.456. The Morgan fingerprint density at radius 2 is 2.03 bits per heavy atom. The van der Waals surface area contributed by atoms with E-state index >= 15 is 0 Å². The standard InChI is InChI=1S/C18H24F3N5O2S/c1-10(2)11(3)12(23-15(28)13-6-4-5-9-22-13)7-8-14(27)24-17-26-25-16(29-17)18(19,20)21/h7-8,10,12-13,22H,3-6,9H2,1-2H3,(H,23,28)(H,24,26,27)/b8-7+/t12-,13+/m1/s1. The second-order valence-corrected chi connectivity index (χ2v) is 7.95. The van der Waals surface area contributed by atoms with E-state index in [9.17, 15) is 22.8 Å². The number of hydrogen-bond donors (Lipinski definition) is 3. The molecule has 0 bridgehead atoms. The molecular weight excluding hydrogens is 407 g/mol. The van der Waals surface area contributed by atoms with Gasteiger partial charge in [0.25, 0.3) is 0 Å². The Balaban J connectivity index is 2.02. The SMILES string of the molecule is C=C(C(C)C)[C@@H](/C=C/C(=O)Nc1nnc(C(F)(F)F)s1)NC(=O)[C@@H]1CCCCN1. The van der Waals surface area contributed by atoms with E-state index in [0.717, 1.165) is 31.9 Å². The molecule has 0 aliphatic carbocycles. The minimum absolute atomic E-state index is 0.0461. The van der Waals surface area contributed by atoms with Crippen molar-refractivity contribution >= 4 is 28.3 Å². The summed E-state index contributed by atoms with van der Waals surface area (Å²) in [6.45, 7) is 8.58. The fourth-order valence-electron chi connectivity index (χ4n) is 2.67. The van der Waals surface area contributed by atoms with Crippen molar-refractivity contribution in [2.24, 2.45) is 5.92 Å². The second kappa shape index (κ2) is 9.97. The zero-order valence-electron chi connectivity index (χ0n) is 16.2. The first kappa shape index (κ1) is 23.0. The first-order valence-corrected chi connectivity index (χ1v) is 10.0. The van der Waals surface area contributed by atoms with Crippen LogP contribution in [0.1, 0.15) is 38.1 Å². The molecule has 0 aromatic carbocycles. The molecule has 1 aliphatic heterocycles. The molecule has 7 nitrogen and oxygen atoms in total. The molecule has 0 unspecified atom stereocenters. The Labute approximate surface area is 170 Å². The predicted octanol–water partition coefficient (Wildman–Crippen LogP) is 2.89. The molecule has 1 fully saturated rings. The molecule has 2 amide bonds. The largest absolute Gasteiger partial charge is 0.445 e. The molecular formula is C18H24F3N5O2S. The number of nitrogens with zero attached hydrogens (tertiary/aromatic N) is 2. The molecule has 0 radical (unpaired) electrons. The van der Waals surface area contributed by atoms with Crippen LogP contribution in [-0.2, 0) is 15.8 Å². The summed E-state index contributed by atoms with van der Waals surface area (Å²) in [7, 11) is 0. The molecule has 2 rings (SSSR count). The molecule has 1 saturated heterocycles. The fraction of sp³-hybridized carbons (Fsp3) is 0.556. The van der Waals surface area contributed by atoms with Crippen LogP contribution in [0.25, 0.3) is 0 Å². The Hall–Kier alpha value is -2.27. The van der Waals surface area contributed by atoms with Crippen molar-refractivity contribution in [1.29, 1.82) is 0 Å². The maximum Gasteiger partial charge on any atom is 0.445 e. The summed E-state index contributed by atoms with van der Waals surface area (Å²) >= 11 is 0.234. The van der Waals surface area contributed by atoms with Gasteiger partial charge in [-0.2, -0.15) is 13.2 Å². The van der Waals surface area contributed by atoms with E-state index in [4.69, 9.17) is 0 Å². The fourth-order valence-corrected chi connectivity index (χ4v) is 3.29. The summed E-state index contributed by atoms with van der Waals surface area (Å²) in [4.78, 5) is 24.6. The summed E-state index contributed by atoms with van der Waals surface area (Å²) in [5.41, 5.74) is 0.702. The number of nitrogens with one attached hydrogen (secondary N) is 3. The van der Waals surface area contributed by atoms with Crippen LogP contribution < -0.4 is 16.0 Å². The monoisotopic (exact) mass is 431 g/mol. The van der Waals surface area contributed by atoms with Crippen molar-refractivity contribution in [3.05, 3.63) is 29.3 Å². The van der Waals surface area contributed by atoms with E-state index < -0.39 is 23.1 Å². The lowest BCUT2D eigenvalue weighted by molar-refractivity contribution is -0.138. The molecule has 1 aliphatic rings. The average molecular weight is 431 g/mol. The Morgan fingerprint density at radius 3 is 2.59 bits per heavy atom. The molecule has 11 heteroatoms. The number of anilines is 1. The number of hydrogen-bond acceptors (Lipinski definition) is 6. The lowest BCUT2D eigenvalue weighted by Crippen LogP contribution is -2.49. The number of aromatic nitrogens is 2. The van der Waals surface area contributed by atoms with Crippen molar-refractivity contribution in [3.63, 3.8) is 0 Å². The zero-order chi connectivity index (χ0) is 21.6. The molecule has 29 heavy (non-hydrogen) atoms. The maximum absolute atomic E-state index is 12.6. The molecule has 3 N–H and O–H groups in total. The summed E-state index contributed by atoms with van der Waals surface area (Å²) in [6, 6.07) is -0.882.